The first-order chi connectivity index (χ1) is 9.65. The van der Waals surface area contributed by atoms with Gasteiger partial charge in [0, 0.05) is 18.5 Å². The van der Waals surface area contributed by atoms with Crippen molar-refractivity contribution in [3.63, 3.8) is 0 Å². The Bertz CT molecular complexity index is 596. The molecule has 1 fully saturated rings. The van der Waals surface area contributed by atoms with Gasteiger partial charge in [-0.15, -0.1) is 0 Å². The minimum absolute atomic E-state index is 0.520. The number of fused-ring (bicyclic) bond motifs is 1. The molecular weight excluding hydrogens is 248 g/mol. The summed E-state index contributed by atoms with van der Waals surface area (Å²) >= 11 is 0. The van der Waals surface area contributed by atoms with E-state index in [1.54, 1.807) is 0 Å². The highest BCUT2D eigenvalue weighted by atomic mass is 15.3. The van der Waals surface area contributed by atoms with Crippen LogP contribution in [0.15, 0.2) is 12.3 Å². The lowest BCUT2D eigenvalue weighted by Gasteiger charge is -2.28. The summed E-state index contributed by atoms with van der Waals surface area (Å²) in [4.78, 5) is 4.54. The van der Waals surface area contributed by atoms with E-state index in [-0.39, 0.29) is 0 Å². The maximum Gasteiger partial charge on any atom is 0.157 e. The van der Waals surface area contributed by atoms with Crippen LogP contribution in [-0.4, -0.2) is 20.8 Å². The summed E-state index contributed by atoms with van der Waals surface area (Å²) in [6.45, 7) is 4.34. The molecule has 0 spiro atoms. The molecule has 0 aliphatic heterocycles. The van der Waals surface area contributed by atoms with E-state index in [1.165, 1.54) is 32.1 Å². The predicted molar refractivity (Wildman–Crippen MR) is 82.9 cm³/mol. The molecule has 0 radical (unpaired) electrons. The molecule has 0 aromatic carbocycles. The molecule has 2 aromatic rings. The van der Waals surface area contributed by atoms with E-state index < -0.39 is 0 Å². The quantitative estimate of drug-likeness (QED) is 0.927. The minimum atomic E-state index is 0.520. The normalized spacial score (nSPS) is 18.4. The Labute approximate surface area is 120 Å². The van der Waals surface area contributed by atoms with E-state index in [0.717, 1.165) is 28.3 Å². The van der Waals surface area contributed by atoms with Crippen LogP contribution in [0.25, 0.3) is 11.0 Å². The highest BCUT2D eigenvalue weighted by molar-refractivity contribution is 5.81. The van der Waals surface area contributed by atoms with Crippen molar-refractivity contribution in [2.45, 2.75) is 52.0 Å². The first-order valence-electron chi connectivity index (χ1n) is 7.71. The van der Waals surface area contributed by atoms with Gasteiger partial charge in [0.2, 0.25) is 0 Å². The Morgan fingerprint density at radius 3 is 2.80 bits per heavy atom. The third-order valence-corrected chi connectivity index (χ3v) is 4.61. The topological polar surface area (TPSA) is 42.7 Å². The molecule has 1 unspecified atom stereocenters. The van der Waals surface area contributed by atoms with Crippen LogP contribution in [0.3, 0.4) is 0 Å². The zero-order valence-electron chi connectivity index (χ0n) is 12.7. The number of aromatic nitrogens is 3. The van der Waals surface area contributed by atoms with E-state index in [4.69, 9.17) is 0 Å². The van der Waals surface area contributed by atoms with E-state index in [1.807, 2.05) is 24.9 Å². The third kappa shape index (κ3) is 2.51. The molecule has 1 N–H and O–H groups in total. The summed E-state index contributed by atoms with van der Waals surface area (Å²) in [5, 5.41) is 9.21. The Kier molecular flexibility index (Phi) is 3.64. The SMILES string of the molecule is Cc1nn(C)c2ncc(NC(C)C3CCCCC3)cc12. The van der Waals surface area contributed by atoms with Crippen LogP contribution in [0, 0.1) is 12.8 Å². The van der Waals surface area contributed by atoms with Gasteiger partial charge >= 0.3 is 0 Å². The second-order valence-electron chi connectivity index (χ2n) is 6.14. The summed E-state index contributed by atoms with van der Waals surface area (Å²) in [6.07, 6.45) is 8.82. The van der Waals surface area contributed by atoms with Gasteiger partial charge in [0.1, 0.15) is 0 Å². The minimum Gasteiger partial charge on any atom is -0.381 e. The van der Waals surface area contributed by atoms with E-state index in [2.05, 4.69) is 28.4 Å². The van der Waals surface area contributed by atoms with Gasteiger partial charge in [0.15, 0.2) is 5.65 Å². The molecule has 1 saturated carbocycles. The Morgan fingerprint density at radius 1 is 1.30 bits per heavy atom. The molecule has 3 rings (SSSR count). The molecule has 0 amide bonds. The van der Waals surface area contributed by atoms with Crippen molar-refractivity contribution in [3.05, 3.63) is 18.0 Å². The molecule has 0 bridgehead atoms. The van der Waals surface area contributed by atoms with Crippen LogP contribution in [0.2, 0.25) is 0 Å². The van der Waals surface area contributed by atoms with Gasteiger partial charge < -0.3 is 5.32 Å². The number of hydrogen-bond donors (Lipinski definition) is 1. The molecule has 1 atom stereocenters. The molecule has 108 valence electrons. The maximum atomic E-state index is 4.54. The van der Waals surface area contributed by atoms with Crippen LogP contribution in [0.5, 0.6) is 0 Å². The Morgan fingerprint density at radius 2 is 2.05 bits per heavy atom. The largest absolute Gasteiger partial charge is 0.381 e. The van der Waals surface area contributed by atoms with Gasteiger partial charge in [0.25, 0.3) is 0 Å². The zero-order chi connectivity index (χ0) is 14.1. The highest BCUT2D eigenvalue weighted by Gasteiger charge is 2.20. The van der Waals surface area contributed by atoms with Crippen LogP contribution in [-0.2, 0) is 7.05 Å². The summed E-state index contributed by atoms with van der Waals surface area (Å²) in [5.74, 6) is 0.800. The van der Waals surface area contributed by atoms with Crippen molar-refractivity contribution < 1.29 is 0 Å². The summed E-state index contributed by atoms with van der Waals surface area (Å²) in [6, 6.07) is 2.70. The molecule has 0 saturated heterocycles. The van der Waals surface area contributed by atoms with Gasteiger partial charge in [0.05, 0.1) is 17.6 Å². The number of nitrogens with zero attached hydrogens (tertiary/aromatic N) is 3. The van der Waals surface area contributed by atoms with E-state index >= 15 is 0 Å². The van der Waals surface area contributed by atoms with Gasteiger partial charge in [-0.25, -0.2) is 4.98 Å². The third-order valence-electron chi connectivity index (χ3n) is 4.61. The average molecular weight is 272 g/mol. The molecule has 2 heterocycles. The van der Waals surface area contributed by atoms with Crippen molar-refractivity contribution in [2.24, 2.45) is 13.0 Å². The van der Waals surface area contributed by atoms with Crippen LogP contribution < -0.4 is 5.32 Å². The lowest BCUT2D eigenvalue weighted by molar-refractivity contribution is 0.328. The van der Waals surface area contributed by atoms with Gasteiger partial charge in [-0.2, -0.15) is 5.10 Å². The molecule has 20 heavy (non-hydrogen) atoms. The first kappa shape index (κ1) is 13.4. The average Bonchev–Trinajstić information content (AvgIpc) is 2.75. The van der Waals surface area contributed by atoms with Crippen LogP contribution in [0.4, 0.5) is 5.69 Å². The molecular formula is C16H24N4. The molecule has 4 heteroatoms. The van der Waals surface area contributed by atoms with Gasteiger partial charge in [-0.05, 0) is 38.7 Å². The molecule has 4 nitrogen and oxygen atoms in total. The Hall–Kier alpha value is -1.58. The first-order valence-corrected chi connectivity index (χ1v) is 7.71. The smallest absolute Gasteiger partial charge is 0.157 e. The molecule has 1 aliphatic carbocycles. The number of rotatable bonds is 3. The lowest BCUT2D eigenvalue weighted by Crippen LogP contribution is -2.27. The van der Waals surface area contributed by atoms with Gasteiger partial charge in [-0.3, -0.25) is 4.68 Å². The lowest BCUT2D eigenvalue weighted by atomic mass is 9.84. The van der Waals surface area contributed by atoms with Crippen molar-refractivity contribution in [1.29, 1.82) is 0 Å². The van der Waals surface area contributed by atoms with Gasteiger partial charge in [-0.1, -0.05) is 19.3 Å². The standard InChI is InChI=1S/C16H24N4/c1-11(13-7-5-4-6-8-13)18-14-9-15-12(2)19-20(3)16(15)17-10-14/h9-11,13,18H,4-8H2,1-3H3. The van der Waals surface area contributed by atoms with Crippen molar-refractivity contribution in [1.82, 2.24) is 14.8 Å². The van der Waals surface area contributed by atoms with E-state index in [0.29, 0.717) is 6.04 Å². The number of aryl methyl sites for hydroxylation is 2. The van der Waals surface area contributed by atoms with Crippen LogP contribution >= 0.6 is 0 Å². The Balaban J connectivity index is 1.78. The number of nitrogens with one attached hydrogen (secondary N) is 1. The predicted octanol–water partition coefficient (Wildman–Crippen LogP) is 3.66. The van der Waals surface area contributed by atoms with Crippen LogP contribution in [0.1, 0.15) is 44.7 Å². The van der Waals surface area contributed by atoms with Crippen molar-refractivity contribution in [2.75, 3.05) is 5.32 Å². The second kappa shape index (κ2) is 5.43. The monoisotopic (exact) mass is 272 g/mol. The fraction of sp³-hybridized carbons (Fsp3) is 0.625. The number of hydrogen-bond acceptors (Lipinski definition) is 3. The second-order valence-corrected chi connectivity index (χ2v) is 6.14. The fourth-order valence-corrected chi connectivity index (χ4v) is 3.40. The number of anilines is 1. The highest BCUT2D eigenvalue weighted by Crippen LogP contribution is 2.28. The molecule has 2 aromatic heterocycles. The maximum absolute atomic E-state index is 4.54. The molecule has 1 aliphatic rings. The van der Waals surface area contributed by atoms with E-state index in [9.17, 15) is 0 Å². The summed E-state index contributed by atoms with van der Waals surface area (Å²) in [5.41, 5.74) is 3.12. The van der Waals surface area contributed by atoms with Crippen molar-refractivity contribution in [3.8, 4) is 0 Å². The zero-order valence-corrected chi connectivity index (χ0v) is 12.7. The fourth-order valence-electron chi connectivity index (χ4n) is 3.40. The summed E-state index contributed by atoms with van der Waals surface area (Å²) in [7, 11) is 1.94. The summed E-state index contributed by atoms with van der Waals surface area (Å²) < 4.78 is 1.85. The number of pyridine rings is 1. The van der Waals surface area contributed by atoms with Crippen molar-refractivity contribution >= 4 is 16.7 Å².